The van der Waals surface area contributed by atoms with Gasteiger partial charge in [0.05, 0.1) is 17.6 Å². The van der Waals surface area contributed by atoms with Crippen molar-refractivity contribution in [3.8, 4) is 0 Å². The lowest BCUT2D eigenvalue weighted by molar-refractivity contribution is -0.385. The Kier molecular flexibility index (Phi) is 4.16. The van der Waals surface area contributed by atoms with E-state index in [9.17, 15) is 14.9 Å². The fourth-order valence-electron chi connectivity index (χ4n) is 1.99. The molecule has 0 bridgehead atoms. The third kappa shape index (κ3) is 3.23. The van der Waals surface area contributed by atoms with Gasteiger partial charge in [-0.05, 0) is 26.7 Å². The fraction of sp³-hybridized carbons (Fsp3) is 0.538. The maximum atomic E-state index is 11.6. The quantitative estimate of drug-likeness (QED) is 0.448. The molecule has 7 nitrogen and oxygen atoms in total. The van der Waals surface area contributed by atoms with Gasteiger partial charge in [0.25, 0.3) is 5.69 Å². The number of anilines is 1. The summed E-state index contributed by atoms with van der Waals surface area (Å²) in [4.78, 5) is 28.2. The number of hydrogen-bond donors (Lipinski definition) is 0. The standard InChI is InChI=1S/C13H17N3O4/c1-3-20-13(17)8-15(10-4-5-10)12-6-11(16(18)19)9(2)7-14-12/h6-7,10H,3-5,8H2,1-2H3. The highest BCUT2D eigenvalue weighted by Crippen LogP contribution is 2.32. The Morgan fingerprint density at radius 1 is 1.60 bits per heavy atom. The van der Waals surface area contributed by atoms with Crippen LogP contribution >= 0.6 is 0 Å². The molecule has 7 heteroatoms. The van der Waals surface area contributed by atoms with Gasteiger partial charge in [0.1, 0.15) is 12.4 Å². The molecule has 108 valence electrons. The Labute approximate surface area is 116 Å². The number of ether oxygens (including phenoxy) is 1. The van der Waals surface area contributed by atoms with Gasteiger partial charge in [-0.15, -0.1) is 0 Å². The molecule has 20 heavy (non-hydrogen) atoms. The predicted octanol–water partition coefficient (Wildman–Crippen LogP) is 1.83. The second-order valence-corrected chi connectivity index (χ2v) is 4.75. The number of rotatable bonds is 6. The number of hydrogen-bond acceptors (Lipinski definition) is 6. The van der Waals surface area contributed by atoms with Crippen LogP contribution in [0, 0.1) is 17.0 Å². The zero-order valence-electron chi connectivity index (χ0n) is 11.5. The molecule has 1 aliphatic rings. The molecule has 1 saturated carbocycles. The summed E-state index contributed by atoms with van der Waals surface area (Å²) in [6.45, 7) is 3.78. The summed E-state index contributed by atoms with van der Waals surface area (Å²) in [6.07, 6.45) is 3.39. The Balaban J connectivity index is 2.23. The van der Waals surface area contributed by atoms with Gasteiger partial charge in [-0.1, -0.05) is 0 Å². The third-order valence-corrected chi connectivity index (χ3v) is 3.14. The van der Waals surface area contributed by atoms with Crippen molar-refractivity contribution in [3.63, 3.8) is 0 Å². The summed E-state index contributed by atoms with van der Waals surface area (Å²) in [7, 11) is 0. The number of aromatic nitrogens is 1. The molecule has 1 aliphatic carbocycles. The predicted molar refractivity (Wildman–Crippen MR) is 72.6 cm³/mol. The molecular weight excluding hydrogens is 262 g/mol. The number of nitro groups is 1. The molecule has 0 atom stereocenters. The largest absolute Gasteiger partial charge is 0.465 e. The van der Waals surface area contributed by atoms with Gasteiger partial charge in [0, 0.05) is 17.8 Å². The normalized spacial score (nSPS) is 13.9. The van der Waals surface area contributed by atoms with Gasteiger partial charge >= 0.3 is 5.97 Å². The summed E-state index contributed by atoms with van der Waals surface area (Å²) in [6, 6.07) is 1.64. The molecular formula is C13H17N3O4. The Hall–Kier alpha value is -2.18. The molecule has 1 aromatic heterocycles. The molecule has 0 spiro atoms. The van der Waals surface area contributed by atoms with Crippen LogP contribution in [-0.2, 0) is 9.53 Å². The van der Waals surface area contributed by atoms with Crippen molar-refractivity contribution >= 4 is 17.5 Å². The number of esters is 1. The van der Waals surface area contributed by atoms with Crippen LogP contribution in [0.15, 0.2) is 12.3 Å². The van der Waals surface area contributed by atoms with Crippen LogP contribution in [0.3, 0.4) is 0 Å². The monoisotopic (exact) mass is 279 g/mol. The van der Waals surface area contributed by atoms with Crippen molar-refractivity contribution in [1.29, 1.82) is 0 Å². The Bertz CT molecular complexity index is 528. The van der Waals surface area contributed by atoms with E-state index in [-0.39, 0.29) is 24.2 Å². The van der Waals surface area contributed by atoms with Crippen LogP contribution in [-0.4, -0.2) is 35.1 Å². The first kappa shape index (κ1) is 14.2. The maximum absolute atomic E-state index is 11.6. The highest BCUT2D eigenvalue weighted by molar-refractivity contribution is 5.76. The lowest BCUT2D eigenvalue weighted by atomic mass is 10.2. The summed E-state index contributed by atoms with van der Waals surface area (Å²) in [5, 5.41) is 11.0. The van der Waals surface area contributed by atoms with E-state index in [1.165, 1.54) is 12.3 Å². The molecule has 2 rings (SSSR count). The number of aryl methyl sites for hydroxylation is 1. The van der Waals surface area contributed by atoms with Crippen molar-refractivity contribution < 1.29 is 14.5 Å². The summed E-state index contributed by atoms with van der Waals surface area (Å²) in [5.74, 6) is 0.113. The van der Waals surface area contributed by atoms with Crippen LogP contribution in [0.25, 0.3) is 0 Å². The second-order valence-electron chi connectivity index (χ2n) is 4.75. The molecule has 1 heterocycles. The van der Waals surface area contributed by atoms with Gasteiger partial charge in [-0.25, -0.2) is 4.98 Å². The highest BCUT2D eigenvalue weighted by atomic mass is 16.6. The lowest BCUT2D eigenvalue weighted by Gasteiger charge is -2.22. The molecule has 0 aliphatic heterocycles. The molecule has 1 fully saturated rings. The Morgan fingerprint density at radius 3 is 2.85 bits per heavy atom. The zero-order chi connectivity index (χ0) is 14.7. The maximum Gasteiger partial charge on any atom is 0.325 e. The topological polar surface area (TPSA) is 85.6 Å². The second kappa shape index (κ2) is 5.85. The first-order chi connectivity index (χ1) is 9.52. The van der Waals surface area contributed by atoms with Gasteiger partial charge in [-0.3, -0.25) is 14.9 Å². The SMILES string of the molecule is CCOC(=O)CN(c1cc([N+](=O)[O-])c(C)cn1)C1CC1. The van der Waals surface area contributed by atoms with Crippen LogP contribution in [0.5, 0.6) is 0 Å². The van der Waals surface area contributed by atoms with Gasteiger partial charge in [0.15, 0.2) is 0 Å². The van der Waals surface area contributed by atoms with Crippen molar-refractivity contribution in [2.75, 3.05) is 18.1 Å². The molecule has 0 N–H and O–H groups in total. The molecule has 0 amide bonds. The minimum atomic E-state index is -0.435. The van der Waals surface area contributed by atoms with Gasteiger partial charge in [-0.2, -0.15) is 0 Å². The first-order valence-electron chi connectivity index (χ1n) is 6.56. The molecule has 0 saturated heterocycles. The number of carbonyl (C=O) groups excluding carboxylic acids is 1. The molecule has 1 aromatic rings. The van der Waals surface area contributed by atoms with E-state index in [0.717, 1.165) is 12.8 Å². The minimum Gasteiger partial charge on any atom is -0.465 e. The molecule has 0 radical (unpaired) electrons. The van der Waals surface area contributed by atoms with Crippen molar-refractivity contribution in [3.05, 3.63) is 27.9 Å². The van der Waals surface area contributed by atoms with Crippen molar-refractivity contribution in [1.82, 2.24) is 4.98 Å². The van der Waals surface area contributed by atoms with E-state index in [0.29, 0.717) is 18.0 Å². The molecule has 0 unspecified atom stereocenters. The van der Waals surface area contributed by atoms with Crippen LogP contribution in [0.4, 0.5) is 11.5 Å². The fourth-order valence-corrected chi connectivity index (χ4v) is 1.99. The lowest BCUT2D eigenvalue weighted by Crippen LogP contribution is -2.33. The van der Waals surface area contributed by atoms with E-state index in [1.807, 2.05) is 0 Å². The summed E-state index contributed by atoms with van der Waals surface area (Å²) >= 11 is 0. The van der Waals surface area contributed by atoms with Crippen LogP contribution in [0.1, 0.15) is 25.3 Å². The zero-order valence-corrected chi connectivity index (χ0v) is 11.5. The van der Waals surface area contributed by atoms with E-state index in [1.54, 1.807) is 18.7 Å². The first-order valence-corrected chi connectivity index (χ1v) is 6.56. The Morgan fingerprint density at radius 2 is 2.30 bits per heavy atom. The smallest absolute Gasteiger partial charge is 0.325 e. The minimum absolute atomic E-state index is 0.0181. The highest BCUT2D eigenvalue weighted by Gasteiger charge is 2.32. The van der Waals surface area contributed by atoms with E-state index >= 15 is 0 Å². The average molecular weight is 279 g/mol. The van der Waals surface area contributed by atoms with Crippen molar-refractivity contribution in [2.24, 2.45) is 0 Å². The van der Waals surface area contributed by atoms with E-state index in [4.69, 9.17) is 4.74 Å². The third-order valence-electron chi connectivity index (χ3n) is 3.14. The number of carbonyl (C=O) groups is 1. The van der Waals surface area contributed by atoms with Gasteiger partial charge < -0.3 is 9.64 Å². The molecule has 0 aromatic carbocycles. The van der Waals surface area contributed by atoms with Crippen LogP contribution < -0.4 is 4.90 Å². The van der Waals surface area contributed by atoms with E-state index in [2.05, 4.69) is 4.98 Å². The number of pyridine rings is 1. The van der Waals surface area contributed by atoms with E-state index < -0.39 is 4.92 Å². The van der Waals surface area contributed by atoms with Gasteiger partial charge in [0.2, 0.25) is 0 Å². The van der Waals surface area contributed by atoms with Crippen LogP contribution in [0.2, 0.25) is 0 Å². The number of nitrogens with zero attached hydrogens (tertiary/aromatic N) is 3. The average Bonchev–Trinajstić information content (AvgIpc) is 3.21. The summed E-state index contributed by atoms with van der Waals surface area (Å²) in [5.41, 5.74) is 0.523. The van der Waals surface area contributed by atoms with Crippen molar-refractivity contribution in [2.45, 2.75) is 32.7 Å². The summed E-state index contributed by atoms with van der Waals surface area (Å²) < 4.78 is 4.93.